The van der Waals surface area contributed by atoms with Gasteiger partial charge in [-0.05, 0) is 42.8 Å². The number of morpholine rings is 1. The van der Waals surface area contributed by atoms with Crippen molar-refractivity contribution >= 4 is 45.0 Å². The zero-order valence-electron chi connectivity index (χ0n) is 19.6. The Balaban J connectivity index is 0.00000324. The maximum Gasteiger partial charge on any atom is 0.260 e. The van der Waals surface area contributed by atoms with Gasteiger partial charge in [0.15, 0.2) is 16.6 Å². The molecule has 2 heterocycles. The number of nitrogens with zero attached hydrogens (tertiary/aromatic N) is 3. The first-order chi connectivity index (χ1) is 16.1. The van der Waals surface area contributed by atoms with Crippen LogP contribution in [-0.4, -0.2) is 76.5 Å². The number of anilines is 1. The van der Waals surface area contributed by atoms with Crippen LogP contribution in [0.2, 0.25) is 0 Å². The van der Waals surface area contributed by atoms with Crippen molar-refractivity contribution in [2.24, 2.45) is 0 Å². The van der Waals surface area contributed by atoms with E-state index >= 15 is 0 Å². The van der Waals surface area contributed by atoms with Gasteiger partial charge in [-0.15, -0.1) is 12.4 Å². The number of carbonyl (C=O) groups is 1. The monoisotopic (exact) mass is 507 g/mol. The number of benzene rings is 2. The molecule has 2 aromatic carbocycles. The molecule has 0 bridgehead atoms. The van der Waals surface area contributed by atoms with Crippen molar-refractivity contribution in [3.63, 3.8) is 0 Å². The second kappa shape index (κ2) is 12.2. The van der Waals surface area contributed by atoms with E-state index in [1.54, 1.807) is 44.4 Å². The fraction of sp³-hybridized carbons (Fsp3) is 0.417. The summed E-state index contributed by atoms with van der Waals surface area (Å²) in [6.45, 7) is 4.82. The highest BCUT2D eigenvalue weighted by molar-refractivity contribution is 7.22. The van der Waals surface area contributed by atoms with Crippen LogP contribution in [0.3, 0.4) is 0 Å². The quantitative estimate of drug-likeness (QED) is 0.431. The molecule has 1 saturated heterocycles. The summed E-state index contributed by atoms with van der Waals surface area (Å²) < 4.78 is 22.5. The van der Waals surface area contributed by atoms with Crippen LogP contribution in [0.25, 0.3) is 10.2 Å². The molecule has 4 rings (SSSR count). The van der Waals surface area contributed by atoms with E-state index in [0.717, 1.165) is 55.2 Å². The first kappa shape index (κ1) is 26.0. The first-order valence-corrected chi connectivity index (χ1v) is 11.7. The Bertz CT molecular complexity index is 1100. The van der Waals surface area contributed by atoms with Gasteiger partial charge in [0.25, 0.3) is 5.91 Å². The lowest BCUT2D eigenvalue weighted by molar-refractivity contribution is 0.0376. The summed E-state index contributed by atoms with van der Waals surface area (Å²) in [6.07, 6.45) is 0.832. The van der Waals surface area contributed by atoms with Gasteiger partial charge < -0.3 is 18.9 Å². The number of rotatable bonds is 9. The third kappa shape index (κ3) is 5.90. The summed E-state index contributed by atoms with van der Waals surface area (Å²) in [6, 6.07) is 11.0. The number of carbonyl (C=O) groups excluding carboxylic acids is 1. The Kier molecular flexibility index (Phi) is 9.35. The molecule has 0 saturated carbocycles. The van der Waals surface area contributed by atoms with E-state index in [9.17, 15) is 4.79 Å². The maximum atomic E-state index is 13.6. The summed E-state index contributed by atoms with van der Waals surface area (Å²) in [7, 11) is 4.78. The lowest BCUT2D eigenvalue weighted by Crippen LogP contribution is -2.39. The molecule has 1 fully saturated rings. The highest BCUT2D eigenvalue weighted by Crippen LogP contribution is 2.33. The smallest absolute Gasteiger partial charge is 0.260 e. The number of fused-ring (bicyclic) bond motifs is 1. The molecule has 0 N–H and O–H groups in total. The molecule has 1 amide bonds. The number of hydrogen-bond acceptors (Lipinski definition) is 8. The summed E-state index contributed by atoms with van der Waals surface area (Å²) in [5, 5.41) is 0.667. The molecule has 184 valence electrons. The average molecular weight is 508 g/mol. The van der Waals surface area contributed by atoms with Crippen molar-refractivity contribution in [2.45, 2.75) is 6.42 Å². The number of hydrogen-bond donors (Lipinski definition) is 0. The van der Waals surface area contributed by atoms with Crippen LogP contribution < -0.4 is 19.1 Å². The summed E-state index contributed by atoms with van der Waals surface area (Å²) in [4.78, 5) is 22.5. The third-order valence-electron chi connectivity index (χ3n) is 5.65. The molecule has 8 nitrogen and oxygen atoms in total. The van der Waals surface area contributed by atoms with Gasteiger partial charge in [-0.25, -0.2) is 4.98 Å². The minimum Gasteiger partial charge on any atom is -0.497 e. The topological polar surface area (TPSA) is 73.4 Å². The molecular weight excluding hydrogens is 478 g/mol. The van der Waals surface area contributed by atoms with Crippen LogP contribution in [0.15, 0.2) is 36.4 Å². The van der Waals surface area contributed by atoms with Crippen molar-refractivity contribution in [1.29, 1.82) is 0 Å². The Labute approximate surface area is 209 Å². The minimum atomic E-state index is -0.121. The van der Waals surface area contributed by atoms with Crippen molar-refractivity contribution in [3.8, 4) is 17.2 Å². The number of amides is 1. The first-order valence-electron chi connectivity index (χ1n) is 10.9. The standard InChI is InChI=1S/C24H29N3O5S.ClH/c1-29-18-6-7-19-22(16-18)33-24(25-19)27(10-4-9-26-11-13-32-14-12-26)23(28)17-5-8-20(30-2)21(15-17)31-3;/h5-8,15-16H,4,9-14H2,1-3H3;1H. The Hall–Kier alpha value is -2.59. The Morgan fingerprint density at radius 1 is 1.06 bits per heavy atom. The largest absolute Gasteiger partial charge is 0.497 e. The molecular formula is C24H30ClN3O5S. The Morgan fingerprint density at radius 3 is 2.53 bits per heavy atom. The molecule has 0 aliphatic carbocycles. The number of thiazole rings is 1. The van der Waals surface area contributed by atoms with E-state index in [-0.39, 0.29) is 18.3 Å². The van der Waals surface area contributed by atoms with E-state index in [0.29, 0.717) is 28.7 Å². The lowest BCUT2D eigenvalue weighted by Gasteiger charge is -2.27. The molecule has 0 radical (unpaired) electrons. The van der Waals surface area contributed by atoms with Gasteiger partial charge in [-0.2, -0.15) is 0 Å². The van der Waals surface area contributed by atoms with Gasteiger partial charge in [-0.3, -0.25) is 14.6 Å². The molecule has 0 spiro atoms. The molecule has 0 atom stereocenters. The molecule has 3 aromatic rings. The van der Waals surface area contributed by atoms with Gasteiger partial charge in [0.2, 0.25) is 0 Å². The zero-order chi connectivity index (χ0) is 23.2. The van der Waals surface area contributed by atoms with Gasteiger partial charge in [0, 0.05) is 31.7 Å². The van der Waals surface area contributed by atoms with Gasteiger partial charge >= 0.3 is 0 Å². The average Bonchev–Trinajstić information content (AvgIpc) is 3.29. The van der Waals surface area contributed by atoms with Crippen LogP contribution in [0.1, 0.15) is 16.8 Å². The van der Waals surface area contributed by atoms with E-state index in [1.807, 2.05) is 18.2 Å². The molecule has 0 unspecified atom stereocenters. The molecule has 1 aliphatic rings. The van der Waals surface area contributed by atoms with Gasteiger partial charge in [-0.1, -0.05) is 11.3 Å². The van der Waals surface area contributed by atoms with Crippen LogP contribution in [0.4, 0.5) is 5.13 Å². The second-order valence-corrected chi connectivity index (χ2v) is 8.67. The SMILES string of the molecule is COc1ccc2nc(N(CCCN3CCOCC3)C(=O)c3ccc(OC)c(OC)c3)sc2c1.Cl. The van der Waals surface area contributed by atoms with Crippen molar-refractivity contribution in [1.82, 2.24) is 9.88 Å². The fourth-order valence-electron chi connectivity index (χ4n) is 3.82. The molecule has 10 heteroatoms. The fourth-order valence-corrected chi connectivity index (χ4v) is 4.84. The molecule has 1 aliphatic heterocycles. The van der Waals surface area contributed by atoms with E-state index in [2.05, 4.69) is 4.90 Å². The number of aromatic nitrogens is 1. The number of methoxy groups -OCH3 is 3. The summed E-state index contributed by atoms with van der Waals surface area (Å²) >= 11 is 1.49. The predicted molar refractivity (Wildman–Crippen MR) is 137 cm³/mol. The highest BCUT2D eigenvalue weighted by atomic mass is 35.5. The Morgan fingerprint density at radius 2 is 1.82 bits per heavy atom. The molecule has 34 heavy (non-hydrogen) atoms. The van der Waals surface area contributed by atoms with Crippen LogP contribution in [0.5, 0.6) is 17.2 Å². The summed E-state index contributed by atoms with van der Waals surface area (Å²) in [5.74, 6) is 1.75. The second-order valence-electron chi connectivity index (χ2n) is 7.66. The highest BCUT2D eigenvalue weighted by Gasteiger charge is 2.23. The zero-order valence-corrected chi connectivity index (χ0v) is 21.2. The van der Waals surface area contributed by atoms with E-state index in [1.165, 1.54) is 11.3 Å². The third-order valence-corrected chi connectivity index (χ3v) is 6.69. The maximum absolute atomic E-state index is 13.6. The number of ether oxygens (including phenoxy) is 4. The van der Waals surface area contributed by atoms with E-state index < -0.39 is 0 Å². The normalized spacial score (nSPS) is 13.9. The van der Waals surface area contributed by atoms with Crippen molar-refractivity contribution < 1.29 is 23.7 Å². The van der Waals surface area contributed by atoms with E-state index in [4.69, 9.17) is 23.9 Å². The van der Waals surface area contributed by atoms with Gasteiger partial charge in [0.05, 0.1) is 44.8 Å². The van der Waals surface area contributed by atoms with Crippen molar-refractivity contribution in [2.75, 3.05) is 65.6 Å². The molecule has 1 aromatic heterocycles. The number of halogens is 1. The van der Waals surface area contributed by atoms with Crippen molar-refractivity contribution in [3.05, 3.63) is 42.0 Å². The lowest BCUT2D eigenvalue weighted by atomic mass is 10.1. The van der Waals surface area contributed by atoms with Crippen LogP contribution >= 0.6 is 23.7 Å². The minimum absolute atomic E-state index is 0. The predicted octanol–water partition coefficient (Wildman–Crippen LogP) is 4.11. The van der Waals surface area contributed by atoms with Gasteiger partial charge in [0.1, 0.15) is 5.75 Å². The van der Waals surface area contributed by atoms with Crippen LogP contribution in [0, 0.1) is 0 Å². The summed E-state index contributed by atoms with van der Waals surface area (Å²) in [5.41, 5.74) is 1.37. The van der Waals surface area contributed by atoms with Crippen LogP contribution in [-0.2, 0) is 4.74 Å².